The number of hydrogen-bond donors (Lipinski definition) is 0. The minimum atomic E-state index is -3.51. The van der Waals surface area contributed by atoms with Crippen LogP contribution in [0.2, 0.25) is 5.02 Å². The Balaban J connectivity index is 1.45. The molecule has 33 heavy (non-hydrogen) atoms. The highest BCUT2D eigenvalue weighted by Crippen LogP contribution is 2.25. The summed E-state index contributed by atoms with van der Waals surface area (Å²) in [5.74, 6) is 0.774. The Labute approximate surface area is 200 Å². The van der Waals surface area contributed by atoms with E-state index in [2.05, 4.69) is 4.98 Å². The van der Waals surface area contributed by atoms with Crippen molar-refractivity contribution in [1.82, 2.24) is 18.8 Å². The fourth-order valence-corrected chi connectivity index (χ4v) is 5.89. The summed E-state index contributed by atoms with van der Waals surface area (Å²) in [5.41, 5.74) is 2.50. The van der Waals surface area contributed by atoms with Crippen molar-refractivity contribution in [3.05, 3.63) is 58.9 Å². The van der Waals surface area contributed by atoms with Crippen LogP contribution in [0.15, 0.2) is 47.4 Å². The van der Waals surface area contributed by atoms with Gasteiger partial charge in [-0.3, -0.25) is 4.79 Å². The highest BCUT2D eigenvalue weighted by molar-refractivity contribution is 7.89. The van der Waals surface area contributed by atoms with E-state index in [0.29, 0.717) is 43.0 Å². The van der Waals surface area contributed by atoms with Crippen molar-refractivity contribution in [3.8, 4) is 0 Å². The van der Waals surface area contributed by atoms with Crippen molar-refractivity contribution in [2.45, 2.75) is 43.5 Å². The lowest BCUT2D eigenvalue weighted by atomic mass is 10.2. The number of aromatic nitrogens is 2. The van der Waals surface area contributed by atoms with Gasteiger partial charge in [0.2, 0.25) is 15.9 Å². The second-order valence-electron chi connectivity index (χ2n) is 8.58. The predicted molar refractivity (Wildman–Crippen MR) is 130 cm³/mol. The average Bonchev–Trinajstić information content (AvgIpc) is 3.14. The molecule has 0 saturated carbocycles. The van der Waals surface area contributed by atoms with Crippen molar-refractivity contribution < 1.29 is 13.2 Å². The Morgan fingerprint density at radius 1 is 1.09 bits per heavy atom. The Morgan fingerprint density at radius 3 is 2.48 bits per heavy atom. The number of aryl methyl sites for hydroxylation is 2. The molecule has 1 saturated heterocycles. The van der Waals surface area contributed by atoms with Crippen LogP contribution < -0.4 is 0 Å². The number of carbonyl (C=O) groups is 1. The molecule has 0 unspecified atom stereocenters. The van der Waals surface area contributed by atoms with E-state index in [1.165, 1.54) is 0 Å². The molecule has 176 valence electrons. The highest BCUT2D eigenvalue weighted by atomic mass is 35.5. The van der Waals surface area contributed by atoms with E-state index in [0.717, 1.165) is 36.2 Å². The maximum absolute atomic E-state index is 13.0. The summed E-state index contributed by atoms with van der Waals surface area (Å²) >= 11 is 5.93. The third kappa shape index (κ3) is 5.23. The van der Waals surface area contributed by atoms with Crippen LogP contribution in [-0.2, 0) is 34.8 Å². The van der Waals surface area contributed by atoms with Gasteiger partial charge in [0.25, 0.3) is 0 Å². The minimum Gasteiger partial charge on any atom is -0.341 e. The molecule has 0 bridgehead atoms. The first kappa shape index (κ1) is 23.7. The average molecular weight is 489 g/mol. The third-order valence-electron chi connectivity index (χ3n) is 6.22. The lowest BCUT2D eigenvalue weighted by molar-refractivity contribution is -0.130. The molecule has 4 rings (SSSR count). The highest BCUT2D eigenvalue weighted by Gasteiger charge is 2.26. The number of piperidine rings is 1. The van der Waals surface area contributed by atoms with Crippen LogP contribution in [0, 0.1) is 0 Å². The number of nitrogens with zero attached hydrogens (tertiary/aromatic N) is 4. The maximum atomic E-state index is 13.0. The van der Waals surface area contributed by atoms with E-state index >= 15 is 0 Å². The van der Waals surface area contributed by atoms with Crippen LogP contribution in [0.3, 0.4) is 0 Å². The molecule has 1 aliphatic rings. The quantitative estimate of drug-likeness (QED) is 0.504. The first-order valence-corrected chi connectivity index (χ1v) is 13.0. The van der Waals surface area contributed by atoms with E-state index in [-0.39, 0.29) is 10.8 Å². The molecular weight excluding hydrogens is 460 g/mol. The first-order chi connectivity index (χ1) is 15.8. The van der Waals surface area contributed by atoms with E-state index in [1.54, 1.807) is 34.5 Å². The normalized spacial score (nSPS) is 15.1. The van der Waals surface area contributed by atoms with Gasteiger partial charge in [0, 0.05) is 51.6 Å². The first-order valence-electron chi connectivity index (χ1n) is 11.2. The van der Waals surface area contributed by atoms with Crippen LogP contribution in [0.5, 0.6) is 0 Å². The van der Waals surface area contributed by atoms with Crippen molar-refractivity contribution in [1.29, 1.82) is 0 Å². The SMILES string of the molecule is CN(Cc1ccc(Cl)cc1)C(=O)CCc1nc2cc(S(=O)(=O)N3CCCCC3)ccc2n1C. The zero-order chi connectivity index (χ0) is 23.6. The molecule has 1 aromatic heterocycles. The molecule has 3 aromatic rings. The molecule has 0 N–H and O–H groups in total. The van der Waals surface area contributed by atoms with E-state index in [1.807, 2.05) is 35.9 Å². The second kappa shape index (κ2) is 9.83. The van der Waals surface area contributed by atoms with Crippen LogP contribution in [0.4, 0.5) is 0 Å². The molecule has 0 radical (unpaired) electrons. The molecule has 0 aliphatic carbocycles. The number of rotatable bonds is 7. The number of hydrogen-bond acceptors (Lipinski definition) is 4. The number of carbonyl (C=O) groups excluding carboxylic acids is 1. The summed E-state index contributed by atoms with van der Waals surface area (Å²) in [6.45, 7) is 1.65. The molecule has 0 spiro atoms. The summed E-state index contributed by atoms with van der Waals surface area (Å²) in [7, 11) is 0.164. The Morgan fingerprint density at radius 2 is 1.79 bits per heavy atom. The topological polar surface area (TPSA) is 75.5 Å². The molecule has 1 fully saturated rings. The summed E-state index contributed by atoms with van der Waals surface area (Å²) in [6, 6.07) is 12.6. The lowest BCUT2D eigenvalue weighted by Gasteiger charge is -2.25. The number of amides is 1. The van der Waals surface area contributed by atoms with Crippen LogP contribution in [0.25, 0.3) is 11.0 Å². The van der Waals surface area contributed by atoms with Gasteiger partial charge in [-0.1, -0.05) is 30.2 Å². The zero-order valence-corrected chi connectivity index (χ0v) is 20.6. The Hall–Kier alpha value is -2.42. The lowest BCUT2D eigenvalue weighted by Crippen LogP contribution is -2.35. The van der Waals surface area contributed by atoms with Crippen molar-refractivity contribution in [3.63, 3.8) is 0 Å². The molecule has 1 aliphatic heterocycles. The number of imidazole rings is 1. The smallest absolute Gasteiger partial charge is 0.243 e. The molecular formula is C24H29ClN4O3S. The maximum Gasteiger partial charge on any atom is 0.243 e. The van der Waals surface area contributed by atoms with Gasteiger partial charge in [-0.25, -0.2) is 13.4 Å². The van der Waals surface area contributed by atoms with E-state index < -0.39 is 10.0 Å². The summed E-state index contributed by atoms with van der Waals surface area (Å²) in [5, 5.41) is 0.668. The number of fused-ring (bicyclic) bond motifs is 1. The van der Waals surface area contributed by atoms with Crippen molar-refractivity contribution in [2.24, 2.45) is 7.05 Å². The van der Waals surface area contributed by atoms with Gasteiger partial charge in [-0.15, -0.1) is 0 Å². The molecule has 2 aromatic carbocycles. The summed E-state index contributed by atoms with van der Waals surface area (Å²) in [4.78, 5) is 19.3. The molecule has 1 amide bonds. The standard InChI is InChI=1S/C24H29ClN4O3S/c1-27(17-18-6-8-19(25)9-7-18)24(30)13-12-23-26-21-16-20(10-11-22(21)28(23)2)33(31,32)29-14-4-3-5-15-29/h6-11,16H,3-5,12-15,17H2,1-2H3. The van der Waals surface area contributed by atoms with Gasteiger partial charge in [-0.05, 0) is 48.7 Å². The van der Waals surface area contributed by atoms with Crippen molar-refractivity contribution in [2.75, 3.05) is 20.1 Å². The van der Waals surface area contributed by atoms with Gasteiger partial charge in [-0.2, -0.15) is 4.31 Å². The van der Waals surface area contributed by atoms with Gasteiger partial charge in [0.1, 0.15) is 5.82 Å². The number of benzene rings is 2. The van der Waals surface area contributed by atoms with Crippen molar-refractivity contribution >= 4 is 38.6 Å². The zero-order valence-electron chi connectivity index (χ0n) is 19.0. The number of sulfonamides is 1. The Bertz CT molecular complexity index is 1250. The van der Waals surface area contributed by atoms with Crippen LogP contribution in [0.1, 0.15) is 37.1 Å². The molecule has 9 heteroatoms. The van der Waals surface area contributed by atoms with E-state index in [4.69, 9.17) is 11.6 Å². The molecule has 0 atom stereocenters. The summed E-state index contributed by atoms with van der Waals surface area (Å²) < 4.78 is 29.5. The number of halogens is 1. The monoisotopic (exact) mass is 488 g/mol. The minimum absolute atomic E-state index is 0.0189. The molecule has 2 heterocycles. The third-order valence-corrected chi connectivity index (χ3v) is 8.37. The van der Waals surface area contributed by atoms with Crippen LogP contribution in [-0.4, -0.2) is 53.2 Å². The second-order valence-corrected chi connectivity index (χ2v) is 11.0. The molecule has 7 nitrogen and oxygen atoms in total. The summed E-state index contributed by atoms with van der Waals surface area (Å²) in [6.07, 6.45) is 3.66. The largest absolute Gasteiger partial charge is 0.341 e. The van der Waals surface area contributed by atoms with Crippen LogP contribution >= 0.6 is 11.6 Å². The van der Waals surface area contributed by atoms with Gasteiger partial charge in [0.05, 0.1) is 15.9 Å². The van der Waals surface area contributed by atoms with Gasteiger partial charge >= 0.3 is 0 Å². The van der Waals surface area contributed by atoms with Gasteiger partial charge in [0.15, 0.2) is 0 Å². The van der Waals surface area contributed by atoms with Gasteiger partial charge < -0.3 is 9.47 Å². The fraction of sp³-hybridized carbons (Fsp3) is 0.417. The predicted octanol–water partition coefficient (Wildman–Crippen LogP) is 3.99. The fourth-order valence-electron chi connectivity index (χ4n) is 4.23. The Kier molecular flexibility index (Phi) is 7.07. The van der Waals surface area contributed by atoms with E-state index in [9.17, 15) is 13.2 Å².